The predicted molar refractivity (Wildman–Crippen MR) is 49.8 cm³/mol. The first-order valence-corrected chi connectivity index (χ1v) is 3.94. The first kappa shape index (κ1) is 8.07. The van der Waals surface area contributed by atoms with Crippen molar-refractivity contribution in [3.05, 3.63) is 40.6 Å². The van der Waals surface area contributed by atoms with E-state index in [0.717, 1.165) is 0 Å². The number of benzene rings is 1. The number of hydrogen-bond acceptors (Lipinski definition) is 2. The molecule has 5 heteroatoms. The smallest absolute Gasteiger partial charge is 0.260 e. The van der Waals surface area contributed by atoms with E-state index in [2.05, 4.69) is 0 Å². The van der Waals surface area contributed by atoms with Crippen LogP contribution in [0.2, 0.25) is 0 Å². The summed E-state index contributed by atoms with van der Waals surface area (Å²) in [6.07, 6.45) is 1.58. The summed E-state index contributed by atoms with van der Waals surface area (Å²) in [4.78, 5) is 10.2. The molecule has 4 nitrogen and oxygen atoms in total. The number of hydrogen-bond donors (Lipinski definition) is 0. The molecule has 0 aliphatic heterocycles. The number of aromatic nitrogens is 1. The Hall–Kier alpha value is -1.55. The van der Waals surface area contributed by atoms with E-state index in [0.29, 0.717) is 10.9 Å². The van der Waals surface area contributed by atoms with Crippen LogP contribution in [0.1, 0.15) is 0 Å². The molecule has 0 aliphatic rings. The molecule has 0 amide bonds. The largest absolute Gasteiger partial charge is 0.278 e. The lowest BCUT2D eigenvalue weighted by molar-refractivity contribution is -0.383. The molecule has 1 aromatic heterocycles. The highest BCUT2D eigenvalue weighted by atomic mass is 35.5. The third-order valence-corrected chi connectivity index (χ3v) is 2.15. The van der Waals surface area contributed by atoms with E-state index in [4.69, 9.17) is 11.8 Å². The molecular formula is C8H5ClN2O2. The topological polar surface area (TPSA) is 48.1 Å². The van der Waals surface area contributed by atoms with Crippen LogP contribution in [-0.2, 0) is 0 Å². The van der Waals surface area contributed by atoms with Crippen LogP contribution in [0, 0.1) is 10.1 Å². The summed E-state index contributed by atoms with van der Waals surface area (Å²) < 4.78 is 1.34. The standard InChI is InChI=1S/C8H5ClN2O2/c9-10-5-4-6-7(10)2-1-3-8(6)11(12)13/h1-5H. The number of nitro benzene ring substituents is 1. The number of halogens is 1. The zero-order valence-electron chi connectivity index (χ0n) is 6.48. The summed E-state index contributed by atoms with van der Waals surface area (Å²) in [5.74, 6) is 0. The highest BCUT2D eigenvalue weighted by Gasteiger charge is 2.12. The Morgan fingerprint density at radius 3 is 2.85 bits per heavy atom. The number of nitrogens with zero attached hydrogens (tertiary/aromatic N) is 2. The van der Waals surface area contributed by atoms with Crippen molar-refractivity contribution in [3.63, 3.8) is 0 Å². The molecule has 2 aromatic rings. The van der Waals surface area contributed by atoms with Gasteiger partial charge in [-0.1, -0.05) is 6.07 Å². The van der Waals surface area contributed by atoms with Gasteiger partial charge in [-0.25, -0.2) is 0 Å². The average molecular weight is 197 g/mol. The maximum atomic E-state index is 10.6. The fraction of sp³-hybridized carbons (Fsp3) is 0. The molecule has 66 valence electrons. The Balaban J connectivity index is 2.84. The molecule has 0 N–H and O–H groups in total. The van der Waals surface area contributed by atoms with Gasteiger partial charge >= 0.3 is 0 Å². The van der Waals surface area contributed by atoms with Crippen LogP contribution in [0.15, 0.2) is 30.5 Å². The second kappa shape index (κ2) is 2.74. The summed E-state index contributed by atoms with van der Waals surface area (Å²) in [5.41, 5.74) is 0.729. The molecule has 2 rings (SSSR count). The minimum Gasteiger partial charge on any atom is -0.260 e. The van der Waals surface area contributed by atoms with Crippen molar-refractivity contribution in [1.82, 2.24) is 4.09 Å². The van der Waals surface area contributed by atoms with E-state index in [1.54, 1.807) is 24.4 Å². The summed E-state index contributed by atoms with van der Waals surface area (Å²) in [6.45, 7) is 0. The van der Waals surface area contributed by atoms with Gasteiger partial charge in [-0.05, 0) is 12.1 Å². The van der Waals surface area contributed by atoms with Gasteiger partial charge in [0.1, 0.15) is 0 Å². The van der Waals surface area contributed by atoms with Crippen molar-refractivity contribution in [2.75, 3.05) is 0 Å². The Kier molecular flexibility index (Phi) is 1.70. The average Bonchev–Trinajstić information content (AvgIpc) is 2.48. The lowest BCUT2D eigenvalue weighted by Gasteiger charge is -1.94. The molecule has 0 fully saturated rings. The second-order valence-electron chi connectivity index (χ2n) is 2.59. The zero-order chi connectivity index (χ0) is 9.42. The van der Waals surface area contributed by atoms with Crippen molar-refractivity contribution in [1.29, 1.82) is 0 Å². The highest BCUT2D eigenvalue weighted by molar-refractivity contribution is 6.19. The number of rotatable bonds is 1. The fourth-order valence-electron chi connectivity index (χ4n) is 1.28. The van der Waals surface area contributed by atoms with Crippen LogP contribution >= 0.6 is 11.8 Å². The molecule has 0 bridgehead atoms. The van der Waals surface area contributed by atoms with Crippen LogP contribution < -0.4 is 0 Å². The third kappa shape index (κ3) is 1.15. The van der Waals surface area contributed by atoms with Gasteiger partial charge in [0.2, 0.25) is 0 Å². The van der Waals surface area contributed by atoms with Crippen molar-refractivity contribution >= 4 is 28.4 Å². The van der Waals surface area contributed by atoms with E-state index in [1.807, 2.05) is 0 Å². The molecule has 0 saturated carbocycles. The van der Waals surface area contributed by atoms with Crippen molar-refractivity contribution in [2.24, 2.45) is 0 Å². The Morgan fingerprint density at radius 1 is 1.38 bits per heavy atom. The van der Waals surface area contributed by atoms with Crippen LogP contribution in [-0.4, -0.2) is 9.01 Å². The maximum Gasteiger partial charge on any atom is 0.278 e. The van der Waals surface area contributed by atoms with Gasteiger partial charge < -0.3 is 0 Å². The molecule has 0 atom stereocenters. The Morgan fingerprint density at radius 2 is 2.15 bits per heavy atom. The van der Waals surface area contributed by atoms with Gasteiger partial charge in [-0.3, -0.25) is 14.2 Å². The van der Waals surface area contributed by atoms with E-state index in [1.165, 1.54) is 10.2 Å². The maximum absolute atomic E-state index is 10.6. The van der Waals surface area contributed by atoms with Crippen LogP contribution in [0.5, 0.6) is 0 Å². The zero-order valence-corrected chi connectivity index (χ0v) is 7.23. The van der Waals surface area contributed by atoms with E-state index >= 15 is 0 Å². The Labute approximate surface area is 78.6 Å². The van der Waals surface area contributed by atoms with Crippen LogP contribution in [0.3, 0.4) is 0 Å². The predicted octanol–water partition coefficient (Wildman–Crippen LogP) is 2.55. The number of nitro groups is 1. The van der Waals surface area contributed by atoms with Gasteiger partial charge in [-0.2, -0.15) is 0 Å². The third-order valence-electron chi connectivity index (χ3n) is 1.86. The lowest BCUT2D eigenvalue weighted by Crippen LogP contribution is -1.88. The van der Waals surface area contributed by atoms with Gasteiger partial charge in [0, 0.05) is 24.0 Å². The highest BCUT2D eigenvalue weighted by Crippen LogP contribution is 2.26. The summed E-state index contributed by atoms with van der Waals surface area (Å²) in [6, 6.07) is 6.42. The van der Waals surface area contributed by atoms with Gasteiger partial charge in [0.25, 0.3) is 5.69 Å². The molecule has 0 saturated heterocycles. The SMILES string of the molecule is O=[N+]([O-])c1cccc2c1ccn2Cl. The second-order valence-corrected chi connectivity index (χ2v) is 2.96. The van der Waals surface area contributed by atoms with E-state index in [9.17, 15) is 10.1 Å². The van der Waals surface area contributed by atoms with Crippen LogP contribution in [0.4, 0.5) is 5.69 Å². The lowest BCUT2D eigenvalue weighted by atomic mass is 10.2. The van der Waals surface area contributed by atoms with Crippen LogP contribution in [0.25, 0.3) is 10.9 Å². The molecular weight excluding hydrogens is 192 g/mol. The number of non-ortho nitro benzene ring substituents is 1. The summed E-state index contributed by atoms with van der Waals surface area (Å²) in [5, 5.41) is 11.1. The van der Waals surface area contributed by atoms with Crippen molar-refractivity contribution in [2.45, 2.75) is 0 Å². The fourth-order valence-corrected chi connectivity index (χ4v) is 1.48. The van der Waals surface area contributed by atoms with E-state index in [-0.39, 0.29) is 5.69 Å². The Bertz CT molecular complexity index is 478. The normalized spacial score (nSPS) is 10.5. The molecule has 0 unspecified atom stereocenters. The molecule has 0 aliphatic carbocycles. The summed E-state index contributed by atoms with van der Waals surface area (Å²) in [7, 11) is 0. The van der Waals surface area contributed by atoms with Crippen molar-refractivity contribution < 1.29 is 4.92 Å². The minimum atomic E-state index is -0.417. The monoisotopic (exact) mass is 196 g/mol. The van der Waals surface area contributed by atoms with Gasteiger partial charge in [0.15, 0.2) is 0 Å². The summed E-state index contributed by atoms with van der Waals surface area (Å²) >= 11 is 5.74. The first-order chi connectivity index (χ1) is 6.20. The number of fused-ring (bicyclic) bond motifs is 1. The van der Waals surface area contributed by atoms with E-state index < -0.39 is 4.92 Å². The quantitative estimate of drug-likeness (QED) is 0.520. The molecule has 0 spiro atoms. The minimum absolute atomic E-state index is 0.0805. The van der Waals surface area contributed by atoms with Crippen molar-refractivity contribution in [3.8, 4) is 0 Å². The molecule has 0 radical (unpaired) electrons. The first-order valence-electron chi connectivity index (χ1n) is 3.61. The van der Waals surface area contributed by atoms with Gasteiger partial charge in [-0.15, -0.1) is 0 Å². The molecule has 1 heterocycles. The van der Waals surface area contributed by atoms with Gasteiger partial charge in [0.05, 0.1) is 15.8 Å². The molecule has 13 heavy (non-hydrogen) atoms. The molecule has 1 aromatic carbocycles.